The summed E-state index contributed by atoms with van der Waals surface area (Å²) in [4.78, 5) is 23.5. The zero-order valence-electron chi connectivity index (χ0n) is 13.8. The zero-order valence-corrected chi connectivity index (χ0v) is 15.3. The highest BCUT2D eigenvalue weighted by Crippen LogP contribution is 2.25. The molecule has 1 amide bonds. The van der Waals surface area contributed by atoms with Crippen LogP contribution < -0.4 is 10.1 Å². The summed E-state index contributed by atoms with van der Waals surface area (Å²) in [5.74, 6) is -0.554. The summed E-state index contributed by atoms with van der Waals surface area (Å²) in [6, 6.07) is 10.3. The molecule has 132 valence electrons. The SMILES string of the molecule is Cc1ccc(OCC(=O)OCC(=O)Nc2ccc(Cl)cc2Cl)c(C)c1. The maximum Gasteiger partial charge on any atom is 0.344 e. The van der Waals surface area contributed by atoms with Crippen molar-refractivity contribution in [1.29, 1.82) is 0 Å². The smallest absolute Gasteiger partial charge is 0.344 e. The number of aryl methyl sites for hydroxylation is 2. The van der Waals surface area contributed by atoms with Gasteiger partial charge in [0.2, 0.25) is 0 Å². The summed E-state index contributed by atoms with van der Waals surface area (Å²) in [6.07, 6.45) is 0. The molecular formula is C18H17Cl2NO4. The lowest BCUT2D eigenvalue weighted by Crippen LogP contribution is -2.23. The standard InChI is InChI=1S/C18H17Cl2NO4/c1-11-3-6-16(12(2)7-11)24-10-18(23)25-9-17(22)21-15-5-4-13(19)8-14(15)20/h3-8H,9-10H2,1-2H3,(H,21,22). The molecule has 0 aliphatic carbocycles. The van der Waals surface area contributed by atoms with Gasteiger partial charge in [-0.3, -0.25) is 4.79 Å². The van der Waals surface area contributed by atoms with Crippen molar-refractivity contribution < 1.29 is 19.1 Å². The van der Waals surface area contributed by atoms with Gasteiger partial charge in [-0.2, -0.15) is 0 Å². The van der Waals surface area contributed by atoms with Crippen molar-refractivity contribution in [2.75, 3.05) is 18.5 Å². The fourth-order valence-corrected chi connectivity index (χ4v) is 2.52. The number of ether oxygens (including phenoxy) is 2. The number of rotatable bonds is 6. The number of carbonyl (C=O) groups is 2. The van der Waals surface area contributed by atoms with E-state index in [2.05, 4.69) is 5.32 Å². The summed E-state index contributed by atoms with van der Waals surface area (Å²) in [6.45, 7) is 3.14. The second-order valence-electron chi connectivity index (χ2n) is 5.39. The highest BCUT2D eigenvalue weighted by molar-refractivity contribution is 6.36. The van der Waals surface area contributed by atoms with Gasteiger partial charge in [0, 0.05) is 5.02 Å². The quantitative estimate of drug-likeness (QED) is 0.762. The summed E-state index contributed by atoms with van der Waals surface area (Å²) in [7, 11) is 0. The zero-order chi connectivity index (χ0) is 18.4. The van der Waals surface area contributed by atoms with Gasteiger partial charge in [0.25, 0.3) is 5.91 Å². The van der Waals surface area contributed by atoms with Gasteiger partial charge in [0.15, 0.2) is 13.2 Å². The van der Waals surface area contributed by atoms with Gasteiger partial charge >= 0.3 is 5.97 Å². The molecule has 0 bridgehead atoms. The number of anilines is 1. The van der Waals surface area contributed by atoms with Crippen LogP contribution in [0.15, 0.2) is 36.4 Å². The molecule has 0 aliphatic heterocycles. The van der Waals surface area contributed by atoms with Crippen LogP contribution in [0.1, 0.15) is 11.1 Å². The Labute approximate surface area is 155 Å². The van der Waals surface area contributed by atoms with E-state index in [0.717, 1.165) is 11.1 Å². The third kappa shape index (κ3) is 5.96. The van der Waals surface area contributed by atoms with Crippen molar-refractivity contribution in [2.24, 2.45) is 0 Å². The van der Waals surface area contributed by atoms with Crippen LogP contribution in [0.5, 0.6) is 5.75 Å². The van der Waals surface area contributed by atoms with Crippen LogP contribution in [-0.4, -0.2) is 25.1 Å². The van der Waals surface area contributed by atoms with Gasteiger partial charge < -0.3 is 14.8 Å². The van der Waals surface area contributed by atoms with E-state index in [0.29, 0.717) is 21.5 Å². The highest BCUT2D eigenvalue weighted by atomic mass is 35.5. The molecule has 0 spiro atoms. The van der Waals surface area contributed by atoms with E-state index >= 15 is 0 Å². The first-order valence-electron chi connectivity index (χ1n) is 7.45. The molecule has 0 heterocycles. The number of amides is 1. The van der Waals surface area contributed by atoms with E-state index in [1.165, 1.54) is 6.07 Å². The maximum absolute atomic E-state index is 11.8. The third-order valence-electron chi connectivity index (χ3n) is 3.25. The molecule has 0 saturated carbocycles. The number of carbonyl (C=O) groups excluding carboxylic acids is 2. The molecule has 2 rings (SSSR count). The Balaban J connectivity index is 1.78. The summed E-state index contributed by atoms with van der Waals surface area (Å²) >= 11 is 11.7. The molecule has 0 atom stereocenters. The Hall–Kier alpha value is -2.24. The molecule has 7 heteroatoms. The fourth-order valence-electron chi connectivity index (χ4n) is 2.06. The van der Waals surface area contributed by atoms with Crippen LogP contribution in [0, 0.1) is 13.8 Å². The van der Waals surface area contributed by atoms with Gasteiger partial charge in [0.1, 0.15) is 5.75 Å². The van der Waals surface area contributed by atoms with Crippen molar-refractivity contribution in [3.05, 3.63) is 57.6 Å². The van der Waals surface area contributed by atoms with E-state index in [1.54, 1.807) is 18.2 Å². The van der Waals surface area contributed by atoms with Crippen molar-refractivity contribution in [2.45, 2.75) is 13.8 Å². The minimum Gasteiger partial charge on any atom is -0.482 e. The molecule has 2 aromatic rings. The predicted molar refractivity (Wildman–Crippen MR) is 97.5 cm³/mol. The first-order valence-corrected chi connectivity index (χ1v) is 8.21. The molecule has 2 aromatic carbocycles. The third-order valence-corrected chi connectivity index (χ3v) is 3.79. The van der Waals surface area contributed by atoms with Gasteiger partial charge in [-0.15, -0.1) is 0 Å². The molecule has 0 radical (unpaired) electrons. The number of hydrogen-bond acceptors (Lipinski definition) is 4. The number of nitrogens with one attached hydrogen (secondary N) is 1. The largest absolute Gasteiger partial charge is 0.482 e. The number of esters is 1. The van der Waals surface area contributed by atoms with Crippen molar-refractivity contribution >= 4 is 40.8 Å². The fraction of sp³-hybridized carbons (Fsp3) is 0.222. The molecular weight excluding hydrogens is 365 g/mol. The predicted octanol–water partition coefficient (Wildman–Crippen LogP) is 4.17. The Morgan fingerprint density at radius 3 is 2.48 bits per heavy atom. The normalized spacial score (nSPS) is 10.2. The van der Waals surface area contributed by atoms with Crippen molar-refractivity contribution in [3.63, 3.8) is 0 Å². The molecule has 0 aromatic heterocycles. The second kappa shape index (κ2) is 8.74. The summed E-state index contributed by atoms with van der Waals surface area (Å²) < 4.78 is 10.3. The van der Waals surface area contributed by atoms with Crippen LogP contribution in [0.25, 0.3) is 0 Å². The Morgan fingerprint density at radius 2 is 1.80 bits per heavy atom. The molecule has 1 N–H and O–H groups in total. The number of halogens is 2. The number of benzene rings is 2. The average Bonchev–Trinajstić information content (AvgIpc) is 2.55. The molecule has 25 heavy (non-hydrogen) atoms. The van der Waals surface area contributed by atoms with Crippen LogP contribution in [0.2, 0.25) is 10.0 Å². The Kier molecular flexibility index (Phi) is 6.67. The van der Waals surface area contributed by atoms with E-state index < -0.39 is 18.5 Å². The first kappa shape index (κ1) is 19.1. The van der Waals surface area contributed by atoms with E-state index in [1.807, 2.05) is 26.0 Å². The molecule has 5 nitrogen and oxygen atoms in total. The van der Waals surface area contributed by atoms with Crippen molar-refractivity contribution in [3.8, 4) is 5.75 Å². The van der Waals surface area contributed by atoms with Gasteiger partial charge in [0.05, 0.1) is 10.7 Å². The Morgan fingerprint density at radius 1 is 1.04 bits per heavy atom. The van der Waals surface area contributed by atoms with Gasteiger partial charge in [-0.25, -0.2) is 4.79 Å². The second-order valence-corrected chi connectivity index (χ2v) is 6.23. The van der Waals surface area contributed by atoms with Crippen LogP contribution in [0.4, 0.5) is 5.69 Å². The Bertz CT molecular complexity index is 793. The lowest BCUT2D eigenvalue weighted by atomic mass is 10.1. The van der Waals surface area contributed by atoms with E-state index in [4.69, 9.17) is 32.7 Å². The average molecular weight is 382 g/mol. The highest BCUT2D eigenvalue weighted by Gasteiger charge is 2.11. The summed E-state index contributed by atoms with van der Waals surface area (Å²) in [5, 5.41) is 3.29. The van der Waals surface area contributed by atoms with E-state index in [-0.39, 0.29) is 6.61 Å². The lowest BCUT2D eigenvalue weighted by Gasteiger charge is -2.10. The molecule has 0 aliphatic rings. The first-order chi connectivity index (χ1) is 11.8. The maximum atomic E-state index is 11.8. The van der Waals surface area contributed by atoms with Gasteiger partial charge in [-0.05, 0) is 43.7 Å². The monoisotopic (exact) mass is 381 g/mol. The molecule has 0 fully saturated rings. The van der Waals surface area contributed by atoms with Crippen molar-refractivity contribution in [1.82, 2.24) is 0 Å². The van der Waals surface area contributed by atoms with Crippen LogP contribution in [0.3, 0.4) is 0 Å². The van der Waals surface area contributed by atoms with E-state index in [9.17, 15) is 9.59 Å². The topological polar surface area (TPSA) is 64.6 Å². The number of hydrogen-bond donors (Lipinski definition) is 1. The van der Waals surface area contributed by atoms with Crippen LogP contribution >= 0.6 is 23.2 Å². The minimum atomic E-state index is -0.641. The molecule has 0 saturated heterocycles. The lowest BCUT2D eigenvalue weighted by molar-refractivity contribution is -0.149. The minimum absolute atomic E-state index is 0.279. The summed E-state index contributed by atoms with van der Waals surface area (Å²) in [5.41, 5.74) is 2.41. The van der Waals surface area contributed by atoms with Gasteiger partial charge in [-0.1, -0.05) is 40.9 Å². The molecule has 0 unspecified atom stereocenters. The van der Waals surface area contributed by atoms with Crippen LogP contribution in [-0.2, 0) is 14.3 Å².